The number of hydrazone groups is 1. The normalized spacial score (nSPS) is 18.3. The minimum absolute atomic E-state index is 0.157. The van der Waals surface area contributed by atoms with Crippen LogP contribution in [0.2, 0.25) is 0 Å². The summed E-state index contributed by atoms with van der Waals surface area (Å²) in [6.45, 7) is 3.66. The maximum atomic E-state index is 14.2. The molecule has 0 bridgehead atoms. The van der Waals surface area contributed by atoms with Crippen LogP contribution in [0.1, 0.15) is 31.0 Å². The fourth-order valence-corrected chi connectivity index (χ4v) is 6.24. The molecule has 43 heavy (non-hydrogen) atoms. The Morgan fingerprint density at radius 3 is 2.30 bits per heavy atom. The second-order valence-corrected chi connectivity index (χ2v) is 10.9. The number of carbonyl (C=O) groups is 2. The molecule has 3 heterocycles. The summed E-state index contributed by atoms with van der Waals surface area (Å²) in [6.07, 6.45) is 1.65. The number of benzene rings is 3. The van der Waals surface area contributed by atoms with E-state index in [1.807, 2.05) is 72.8 Å². The van der Waals surface area contributed by atoms with Gasteiger partial charge in [-0.1, -0.05) is 72.0 Å². The van der Waals surface area contributed by atoms with Crippen LogP contribution in [0.25, 0.3) is 11.8 Å². The first-order valence-corrected chi connectivity index (χ1v) is 14.6. The Kier molecular flexibility index (Phi) is 7.60. The van der Waals surface area contributed by atoms with Crippen molar-refractivity contribution in [1.82, 2.24) is 4.57 Å². The molecule has 0 saturated heterocycles. The van der Waals surface area contributed by atoms with Crippen LogP contribution in [0.15, 0.2) is 105 Å². The fourth-order valence-electron chi connectivity index (χ4n) is 5.23. The molecule has 0 radical (unpaired) electrons. The molecular weight excluding hydrogens is 564 g/mol. The molecule has 2 atom stereocenters. The van der Waals surface area contributed by atoms with E-state index in [9.17, 15) is 14.4 Å². The maximum Gasteiger partial charge on any atom is 0.338 e. The third-order valence-electron chi connectivity index (χ3n) is 7.31. The summed E-state index contributed by atoms with van der Waals surface area (Å²) >= 11 is 1.17. The van der Waals surface area contributed by atoms with Crippen LogP contribution in [-0.2, 0) is 14.3 Å². The number of hydrogen-bond donors (Lipinski definition) is 0. The van der Waals surface area contributed by atoms with Crippen molar-refractivity contribution < 1.29 is 19.1 Å². The van der Waals surface area contributed by atoms with Crippen LogP contribution in [0.5, 0.6) is 5.75 Å². The van der Waals surface area contributed by atoms with Crippen LogP contribution in [0.4, 0.5) is 5.69 Å². The molecule has 1 aromatic heterocycles. The van der Waals surface area contributed by atoms with Gasteiger partial charge < -0.3 is 9.47 Å². The average Bonchev–Trinajstić information content (AvgIpc) is 3.51. The number of carbonyl (C=O) groups excluding carboxylic acids is 2. The van der Waals surface area contributed by atoms with E-state index < -0.39 is 17.9 Å². The lowest BCUT2D eigenvalue weighted by Gasteiger charge is -2.26. The van der Waals surface area contributed by atoms with E-state index in [4.69, 9.17) is 14.5 Å². The number of methoxy groups -OCH3 is 1. The highest BCUT2D eigenvalue weighted by molar-refractivity contribution is 7.07. The molecule has 10 heteroatoms. The quantitative estimate of drug-likeness (QED) is 0.303. The summed E-state index contributed by atoms with van der Waals surface area (Å²) < 4.78 is 12.7. The number of esters is 1. The molecule has 6 rings (SSSR count). The van der Waals surface area contributed by atoms with E-state index in [1.54, 1.807) is 39.2 Å². The number of anilines is 1. The van der Waals surface area contributed by atoms with Crippen molar-refractivity contribution in [2.24, 2.45) is 16.0 Å². The summed E-state index contributed by atoms with van der Waals surface area (Å²) in [6, 6.07) is 24.9. The van der Waals surface area contributed by atoms with Crippen molar-refractivity contribution in [3.8, 4) is 5.75 Å². The van der Waals surface area contributed by atoms with Crippen LogP contribution >= 0.6 is 11.3 Å². The lowest BCUT2D eigenvalue weighted by Crippen LogP contribution is -2.40. The van der Waals surface area contributed by atoms with Crippen molar-refractivity contribution >= 4 is 46.4 Å². The Balaban J connectivity index is 1.55. The van der Waals surface area contributed by atoms with Crippen molar-refractivity contribution in [3.63, 3.8) is 0 Å². The predicted molar refractivity (Wildman–Crippen MR) is 165 cm³/mol. The topological polar surface area (TPSA) is 103 Å². The SMILES string of the molecule is CCOC(=O)C1=C(c2ccccc2)N=c2s/c(=C/[C@@H]3C(=O)N(c4ccccc4)N=C3C)c(=O)n2[C@@H]1c1ccc(OC)cc1. The third-order valence-corrected chi connectivity index (χ3v) is 8.31. The Morgan fingerprint density at radius 2 is 1.65 bits per heavy atom. The van der Waals surface area contributed by atoms with E-state index in [-0.39, 0.29) is 23.6 Å². The van der Waals surface area contributed by atoms with Gasteiger partial charge in [-0.2, -0.15) is 10.1 Å². The number of para-hydroxylation sites is 1. The first kappa shape index (κ1) is 28.0. The number of nitrogens with zero attached hydrogens (tertiary/aromatic N) is 4. The second-order valence-electron chi connectivity index (χ2n) is 9.93. The van der Waals surface area contributed by atoms with E-state index in [1.165, 1.54) is 20.9 Å². The number of aromatic nitrogens is 1. The molecule has 3 aromatic carbocycles. The van der Waals surface area contributed by atoms with E-state index in [0.29, 0.717) is 43.3 Å². The van der Waals surface area contributed by atoms with Crippen LogP contribution in [-0.4, -0.2) is 35.9 Å². The number of hydrogen-bond acceptors (Lipinski definition) is 8. The first-order valence-electron chi connectivity index (χ1n) is 13.8. The smallest absolute Gasteiger partial charge is 0.338 e. The molecule has 0 spiro atoms. The number of thiazole rings is 1. The van der Waals surface area contributed by atoms with Crippen LogP contribution in [0, 0.1) is 5.92 Å². The highest BCUT2D eigenvalue weighted by atomic mass is 32.1. The van der Waals surface area contributed by atoms with E-state index >= 15 is 0 Å². The lowest BCUT2D eigenvalue weighted by molar-refractivity contribution is -0.138. The predicted octanol–water partition coefficient (Wildman–Crippen LogP) is 3.93. The molecular formula is C33H28N4O5S. The summed E-state index contributed by atoms with van der Waals surface area (Å²) in [5.41, 5.74) is 2.94. The molecule has 2 aliphatic heterocycles. The molecule has 2 aliphatic rings. The molecule has 9 nitrogen and oxygen atoms in total. The number of rotatable bonds is 7. The molecule has 0 unspecified atom stereocenters. The van der Waals surface area contributed by atoms with Gasteiger partial charge in [0.25, 0.3) is 11.5 Å². The summed E-state index contributed by atoms with van der Waals surface area (Å²) in [5, 5.41) is 5.84. The van der Waals surface area contributed by atoms with Gasteiger partial charge in [0.15, 0.2) is 4.80 Å². The molecule has 0 aliphatic carbocycles. The monoisotopic (exact) mass is 592 g/mol. The van der Waals surface area contributed by atoms with Gasteiger partial charge in [0.2, 0.25) is 0 Å². The summed E-state index contributed by atoms with van der Waals surface area (Å²) in [4.78, 5) is 46.5. The lowest BCUT2D eigenvalue weighted by atomic mass is 9.93. The second kappa shape index (κ2) is 11.7. The van der Waals surface area contributed by atoms with Gasteiger partial charge in [-0.05, 0) is 49.8 Å². The highest BCUT2D eigenvalue weighted by Crippen LogP contribution is 2.35. The van der Waals surface area contributed by atoms with Crippen LogP contribution < -0.4 is 24.6 Å². The van der Waals surface area contributed by atoms with Crippen molar-refractivity contribution in [1.29, 1.82) is 0 Å². The van der Waals surface area contributed by atoms with Crippen molar-refractivity contribution in [3.05, 3.63) is 121 Å². The zero-order valence-electron chi connectivity index (χ0n) is 23.8. The standard InChI is InChI=1S/C33H28N4O5S/c1-4-42-32(40)27-28(21-11-7-5-8-12-21)34-33-36(29(27)22-15-17-24(41-3)18-16-22)31(39)26(43-33)19-25-20(2)35-37(30(25)38)23-13-9-6-10-14-23/h5-19,25,29H,4H2,1-3H3/b26-19+/t25-,29+/m0/s1. The molecule has 4 aromatic rings. The Labute approximate surface area is 251 Å². The van der Waals surface area contributed by atoms with E-state index in [0.717, 1.165) is 0 Å². The Morgan fingerprint density at radius 1 is 0.977 bits per heavy atom. The van der Waals surface area contributed by atoms with Gasteiger partial charge in [-0.3, -0.25) is 14.2 Å². The number of fused-ring (bicyclic) bond motifs is 1. The third kappa shape index (κ3) is 5.10. The molecule has 1 amide bonds. The summed E-state index contributed by atoms with van der Waals surface area (Å²) in [5.74, 6) is -0.899. The molecule has 216 valence electrons. The van der Waals surface area contributed by atoms with Gasteiger partial charge in [-0.25, -0.2) is 9.79 Å². The van der Waals surface area contributed by atoms with Crippen molar-refractivity contribution in [2.75, 3.05) is 18.7 Å². The zero-order chi connectivity index (χ0) is 30.1. The summed E-state index contributed by atoms with van der Waals surface area (Å²) in [7, 11) is 1.57. The molecule has 0 N–H and O–H groups in total. The Hall–Kier alpha value is -5.09. The van der Waals surface area contributed by atoms with Crippen LogP contribution in [0.3, 0.4) is 0 Å². The maximum absolute atomic E-state index is 14.2. The van der Waals surface area contributed by atoms with Gasteiger partial charge >= 0.3 is 5.97 Å². The van der Waals surface area contributed by atoms with Gasteiger partial charge in [0.1, 0.15) is 11.7 Å². The molecule has 0 saturated carbocycles. The van der Waals surface area contributed by atoms with E-state index in [2.05, 4.69) is 5.10 Å². The molecule has 0 fully saturated rings. The number of ether oxygens (including phenoxy) is 2. The van der Waals surface area contributed by atoms with Gasteiger partial charge in [0.05, 0.1) is 47.0 Å². The fraction of sp³-hybridized carbons (Fsp3) is 0.182. The minimum Gasteiger partial charge on any atom is -0.497 e. The Bertz CT molecular complexity index is 1940. The largest absolute Gasteiger partial charge is 0.497 e. The minimum atomic E-state index is -0.826. The van der Waals surface area contributed by atoms with Crippen molar-refractivity contribution in [2.45, 2.75) is 19.9 Å². The highest BCUT2D eigenvalue weighted by Gasteiger charge is 2.37. The first-order chi connectivity index (χ1) is 20.9. The van der Waals surface area contributed by atoms with Gasteiger partial charge in [0, 0.05) is 5.56 Å². The zero-order valence-corrected chi connectivity index (χ0v) is 24.6. The number of amides is 1. The average molecular weight is 593 g/mol. The van der Waals surface area contributed by atoms with Gasteiger partial charge in [-0.15, -0.1) is 0 Å².